The Morgan fingerprint density at radius 2 is 1.43 bits per heavy atom. The van der Waals surface area contributed by atoms with Crippen LogP contribution in [0.4, 0.5) is 37.5 Å². The summed E-state index contributed by atoms with van der Waals surface area (Å²) in [5.74, 6) is -1.16. The van der Waals surface area contributed by atoms with E-state index in [-0.39, 0.29) is 5.69 Å². The van der Waals surface area contributed by atoms with E-state index >= 15 is 0 Å². The lowest BCUT2D eigenvalue weighted by atomic mass is 10.3. The highest BCUT2D eigenvalue weighted by Crippen LogP contribution is 2.28. The number of hydrogen-bond acceptors (Lipinski definition) is 5. The van der Waals surface area contributed by atoms with Crippen molar-refractivity contribution in [2.75, 3.05) is 16.4 Å². The van der Waals surface area contributed by atoms with Crippen LogP contribution in [0.1, 0.15) is 0 Å². The van der Waals surface area contributed by atoms with Gasteiger partial charge in [0.1, 0.15) is 12.0 Å². The molecular weight excluding hydrogens is 300 g/mol. The second-order valence-electron chi connectivity index (χ2n) is 4.73. The van der Waals surface area contributed by atoms with Crippen LogP contribution in [0.15, 0.2) is 54.9 Å². The van der Waals surface area contributed by atoms with E-state index in [1.54, 1.807) is 0 Å². The van der Waals surface area contributed by atoms with Crippen molar-refractivity contribution in [2.45, 2.75) is 0 Å². The molecule has 0 bridgehead atoms. The van der Waals surface area contributed by atoms with Gasteiger partial charge in [-0.05, 0) is 24.3 Å². The standard InChI is InChI=1S/C16H13F2N5/c17-12-7-6-11(8-13(12)18)23-16-14(19)15(20-9-21-16)22-10-4-2-1-3-5-10/h1-9H,19H2,(H2,20,21,22,23). The third-order valence-electron chi connectivity index (χ3n) is 3.10. The van der Waals surface area contributed by atoms with E-state index in [4.69, 9.17) is 5.73 Å². The number of aromatic nitrogens is 2. The Balaban J connectivity index is 1.86. The molecule has 3 rings (SSSR count). The molecule has 4 N–H and O–H groups in total. The van der Waals surface area contributed by atoms with Crippen LogP contribution in [0.5, 0.6) is 0 Å². The molecule has 0 radical (unpaired) electrons. The highest BCUT2D eigenvalue weighted by molar-refractivity contribution is 5.80. The minimum absolute atomic E-state index is 0.265. The van der Waals surface area contributed by atoms with Crippen LogP contribution in [0.3, 0.4) is 0 Å². The highest BCUT2D eigenvalue weighted by Gasteiger charge is 2.10. The Morgan fingerprint density at radius 1 is 0.783 bits per heavy atom. The fourth-order valence-electron chi connectivity index (χ4n) is 1.96. The van der Waals surface area contributed by atoms with Crippen LogP contribution in [0.25, 0.3) is 0 Å². The summed E-state index contributed by atoms with van der Waals surface area (Å²) < 4.78 is 26.2. The van der Waals surface area contributed by atoms with Crippen molar-refractivity contribution in [3.63, 3.8) is 0 Å². The van der Waals surface area contributed by atoms with Gasteiger partial charge in [0.15, 0.2) is 23.3 Å². The summed E-state index contributed by atoms with van der Waals surface area (Å²) in [7, 11) is 0. The summed E-state index contributed by atoms with van der Waals surface area (Å²) in [6.07, 6.45) is 1.32. The predicted molar refractivity (Wildman–Crippen MR) is 85.8 cm³/mol. The van der Waals surface area contributed by atoms with E-state index in [0.29, 0.717) is 17.3 Å². The summed E-state index contributed by atoms with van der Waals surface area (Å²) in [5.41, 5.74) is 7.44. The van der Waals surface area contributed by atoms with Crippen molar-refractivity contribution in [3.8, 4) is 0 Å². The molecule has 0 aliphatic carbocycles. The fraction of sp³-hybridized carbons (Fsp3) is 0. The van der Waals surface area contributed by atoms with Crippen LogP contribution in [-0.2, 0) is 0 Å². The van der Waals surface area contributed by atoms with Crippen LogP contribution in [-0.4, -0.2) is 9.97 Å². The number of halogens is 2. The van der Waals surface area contributed by atoms with Crippen molar-refractivity contribution in [3.05, 3.63) is 66.5 Å². The molecule has 0 fully saturated rings. The maximum atomic E-state index is 13.3. The van der Waals surface area contributed by atoms with Crippen LogP contribution >= 0.6 is 0 Å². The van der Waals surface area contributed by atoms with Gasteiger partial charge in [0.25, 0.3) is 0 Å². The number of nitrogen functional groups attached to an aromatic ring is 1. The molecule has 1 heterocycles. The monoisotopic (exact) mass is 313 g/mol. The maximum Gasteiger partial charge on any atom is 0.160 e. The molecule has 23 heavy (non-hydrogen) atoms. The lowest BCUT2D eigenvalue weighted by Gasteiger charge is -2.12. The van der Waals surface area contributed by atoms with Gasteiger partial charge in [-0.1, -0.05) is 18.2 Å². The van der Waals surface area contributed by atoms with Gasteiger partial charge < -0.3 is 16.4 Å². The molecule has 2 aromatic carbocycles. The van der Waals surface area contributed by atoms with E-state index in [2.05, 4.69) is 20.6 Å². The van der Waals surface area contributed by atoms with Crippen molar-refractivity contribution >= 4 is 28.7 Å². The summed E-state index contributed by atoms with van der Waals surface area (Å²) >= 11 is 0. The first-order valence-electron chi connectivity index (χ1n) is 6.78. The molecule has 5 nitrogen and oxygen atoms in total. The second-order valence-corrected chi connectivity index (χ2v) is 4.73. The molecule has 116 valence electrons. The van der Waals surface area contributed by atoms with Crippen LogP contribution in [0.2, 0.25) is 0 Å². The first kappa shape index (κ1) is 14.7. The SMILES string of the molecule is Nc1c(Nc2ccccc2)ncnc1Nc1ccc(F)c(F)c1. The van der Waals surface area contributed by atoms with Crippen molar-refractivity contribution in [2.24, 2.45) is 0 Å². The largest absolute Gasteiger partial charge is 0.393 e. The molecule has 0 saturated heterocycles. The number of nitrogens with two attached hydrogens (primary N) is 1. The molecule has 0 amide bonds. The maximum absolute atomic E-state index is 13.3. The van der Waals surface area contributed by atoms with Gasteiger partial charge >= 0.3 is 0 Å². The van der Waals surface area contributed by atoms with Gasteiger partial charge in [-0.15, -0.1) is 0 Å². The topological polar surface area (TPSA) is 75.9 Å². The predicted octanol–water partition coefficient (Wildman–Crippen LogP) is 3.82. The molecule has 3 aromatic rings. The number of nitrogens with one attached hydrogen (secondary N) is 2. The third kappa shape index (κ3) is 3.34. The Kier molecular flexibility index (Phi) is 4.01. The molecule has 0 saturated carbocycles. The number of anilines is 5. The molecule has 0 spiro atoms. The van der Waals surface area contributed by atoms with E-state index < -0.39 is 11.6 Å². The zero-order valence-corrected chi connectivity index (χ0v) is 11.9. The Morgan fingerprint density at radius 3 is 2.09 bits per heavy atom. The quantitative estimate of drug-likeness (QED) is 0.682. The summed E-state index contributed by atoms with van der Waals surface area (Å²) in [6, 6.07) is 12.8. The normalized spacial score (nSPS) is 10.3. The third-order valence-corrected chi connectivity index (χ3v) is 3.10. The minimum atomic E-state index is -0.953. The number of hydrogen-bond donors (Lipinski definition) is 3. The van der Waals surface area contributed by atoms with Crippen LogP contribution in [0, 0.1) is 11.6 Å². The lowest BCUT2D eigenvalue weighted by Crippen LogP contribution is -2.05. The first-order valence-corrected chi connectivity index (χ1v) is 6.78. The van der Waals surface area contributed by atoms with Gasteiger partial charge in [0.05, 0.1) is 0 Å². The van der Waals surface area contributed by atoms with Gasteiger partial charge in [-0.3, -0.25) is 0 Å². The average molecular weight is 313 g/mol. The van der Waals surface area contributed by atoms with Gasteiger partial charge in [0, 0.05) is 17.4 Å². The molecule has 0 aliphatic rings. The second kappa shape index (κ2) is 6.27. The Labute approximate surface area is 131 Å². The lowest BCUT2D eigenvalue weighted by molar-refractivity contribution is 0.509. The van der Waals surface area contributed by atoms with Crippen molar-refractivity contribution in [1.29, 1.82) is 0 Å². The van der Waals surface area contributed by atoms with Gasteiger partial charge in [0.2, 0.25) is 0 Å². The zero-order chi connectivity index (χ0) is 16.2. The molecule has 1 aromatic heterocycles. The van der Waals surface area contributed by atoms with Crippen LogP contribution < -0.4 is 16.4 Å². The molecule has 0 aliphatic heterocycles. The van der Waals surface area contributed by atoms with E-state index in [0.717, 1.165) is 17.8 Å². The minimum Gasteiger partial charge on any atom is -0.393 e. The highest BCUT2D eigenvalue weighted by atomic mass is 19.2. The summed E-state index contributed by atoms with van der Waals surface area (Å²) in [6.45, 7) is 0. The number of benzene rings is 2. The number of nitrogens with zero attached hydrogens (tertiary/aromatic N) is 2. The number of rotatable bonds is 4. The van der Waals surface area contributed by atoms with E-state index in [1.807, 2.05) is 30.3 Å². The van der Waals surface area contributed by atoms with Crippen molar-refractivity contribution < 1.29 is 8.78 Å². The molecule has 0 unspecified atom stereocenters. The number of para-hydroxylation sites is 1. The van der Waals surface area contributed by atoms with Gasteiger partial charge in [-0.25, -0.2) is 18.7 Å². The van der Waals surface area contributed by atoms with Gasteiger partial charge in [-0.2, -0.15) is 0 Å². The molecule has 7 heteroatoms. The zero-order valence-electron chi connectivity index (χ0n) is 11.9. The Bertz CT molecular complexity index is 824. The average Bonchev–Trinajstić information content (AvgIpc) is 2.56. The smallest absolute Gasteiger partial charge is 0.160 e. The molecular formula is C16H13F2N5. The summed E-state index contributed by atoms with van der Waals surface area (Å²) in [4.78, 5) is 8.11. The van der Waals surface area contributed by atoms with E-state index in [9.17, 15) is 8.78 Å². The summed E-state index contributed by atoms with van der Waals surface area (Å²) in [5, 5.41) is 5.91. The van der Waals surface area contributed by atoms with Crippen molar-refractivity contribution in [1.82, 2.24) is 9.97 Å². The first-order chi connectivity index (χ1) is 11.1. The van der Waals surface area contributed by atoms with E-state index in [1.165, 1.54) is 12.4 Å². The molecule has 0 atom stereocenters. The Hall–Kier alpha value is -3.22. The fourth-order valence-corrected chi connectivity index (χ4v) is 1.96.